The summed E-state index contributed by atoms with van der Waals surface area (Å²) >= 11 is 1.51. The highest BCUT2D eigenvalue weighted by Crippen LogP contribution is 2.40. The summed E-state index contributed by atoms with van der Waals surface area (Å²) in [4.78, 5) is -0.638. The fraction of sp³-hybridized carbons (Fsp3) is 0.250. The van der Waals surface area contributed by atoms with Gasteiger partial charge in [0.15, 0.2) is 0 Å². The normalized spacial score (nSPS) is 17.9. The van der Waals surface area contributed by atoms with Crippen LogP contribution in [0.4, 0.5) is 0 Å². The zero-order valence-electron chi connectivity index (χ0n) is 7.08. The van der Waals surface area contributed by atoms with Crippen LogP contribution in [0, 0.1) is 0 Å². The predicted octanol–water partition coefficient (Wildman–Crippen LogP) is 2.99. The second kappa shape index (κ2) is 3.26. The molecule has 66 valence electrons. The molecule has 0 unspecified atom stereocenters. The van der Waals surface area contributed by atoms with Crippen molar-refractivity contribution in [3.8, 4) is 0 Å². The molecule has 0 aromatic heterocycles. The maximum Gasteiger partial charge on any atom is 0.265 e. The molecule has 2 rings (SSSR count). The molecule has 13 heavy (non-hydrogen) atoms. The second-order valence-corrected chi connectivity index (χ2v) is 3.53. The van der Waals surface area contributed by atoms with Gasteiger partial charge in [0.1, 0.15) is 0 Å². The average Bonchev–Trinajstić information content (AvgIpc) is 2.69. The Balaban J connectivity index is 2.44. The number of hydrogen-bond acceptors (Lipinski definition) is 5. The van der Waals surface area contributed by atoms with Crippen LogP contribution in [0.2, 0.25) is 0 Å². The standard InChI is InChI=1S/C8H8N4S/c1-13-8(9-11-12-10-8)7-5-3-2-4-6-7/h2-6H,1H3. The van der Waals surface area contributed by atoms with Crippen LogP contribution in [0.3, 0.4) is 0 Å². The van der Waals surface area contributed by atoms with Gasteiger partial charge < -0.3 is 0 Å². The van der Waals surface area contributed by atoms with Crippen LogP contribution < -0.4 is 0 Å². The molecule has 0 saturated carbocycles. The Morgan fingerprint density at radius 2 is 1.69 bits per heavy atom. The summed E-state index contributed by atoms with van der Waals surface area (Å²) < 4.78 is 0. The Morgan fingerprint density at radius 1 is 1.08 bits per heavy atom. The molecule has 0 fully saturated rings. The first-order valence-corrected chi connectivity index (χ1v) is 5.05. The topological polar surface area (TPSA) is 49.4 Å². The van der Waals surface area contributed by atoms with Gasteiger partial charge in [-0.1, -0.05) is 30.3 Å². The quantitative estimate of drug-likeness (QED) is 0.710. The van der Waals surface area contributed by atoms with Crippen LogP contribution in [0.25, 0.3) is 0 Å². The summed E-state index contributed by atoms with van der Waals surface area (Å²) in [6.07, 6.45) is 1.94. The van der Waals surface area contributed by atoms with Crippen molar-refractivity contribution >= 4 is 11.8 Å². The van der Waals surface area contributed by atoms with E-state index >= 15 is 0 Å². The van der Waals surface area contributed by atoms with Crippen molar-refractivity contribution in [3.05, 3.63) is 35.9 Å². The molecule has 4 nitrogen and oxygen atoms in total. The zero-order valence-corrected chi connectivity index (χ0v) is 7.90. The van der Waals surface area contributed by atoms with E-state index in [2.05, 4.69) is 20.7 Å². The van der Waals surface area contributed by atoms with Crippen molar-refractivity contribution in [1.82, 2.24) is 0 Å². The van der Waals surface area contributed by atoms with E-state index < -0.39 is 4.99 Å². The Hall–Kier alpha value is -1.23. The molecule has 0 bridgehead atoms. The highest BCUT2D eigenvalue weighted by atomic mass is 32.2. The second-order valence-electron chi connectivity index (χ2n) is 2.56. The van der Waals surface area contributed by atoms with Gasteiger partial charge in [0.25, 0.3) is 4.99 Å². The summed E-state index contributed by atoms with van der Waals surface area (Å²) in [7, 11) is 0. The largest absolute Gasteiger partial charge is 0.265 e. The minimum Gasteiger partial charge on any atom is -0.118 e. The van der Waals surface area contributed by atoms with E-state index in [0.717, 1.165) is 5.56 Å². The Labute approximate surface area is 80.1 Å². The minimum absolute atomic E-state index is 0.638. The highest BCUT2D eigenvalue weighted by Gasteiger charge is 2.34. The lowest BCUT2D eigenvalue weighted by Gasteiger charge is -2.16. The molecule has 1 aromatic carbocycles. The lowest BCUT2D eigenvalue weighted by atomic mass is 10.2. The van der Waals surface area contributed by atoms with Gasteiger partial charge in [-0.05, 0) is 16.7 Å². The van der Waals surface area contributed by atoms with E-state index in [0.29, 0.717) is 0 Å². The lowest BCUT2D eigenvalue weighted by Crippen LogP contribution is -2.12. The Kier molecular flexibility index (Phi) is 2.10. The molecular weight excluding hydrogens is 184 g/mol. The van der Waals surface area contributed by atoms with Gasteiger partial charge in [0, 0.05) is 5.56 Å². The fourth-order valence-corrected chi connectivity index (χ4v) is 1.76. The number of thioether (sulfide) groups is 1. The average molecular weight is 192 g/mol. The first-order valence-electron chi connectivity index (χ1n) is 3.82. The first-order chi connectivity index (χ1) is 6.37. The molecule has 5 heteroatoms. The van der Waals surface area contributed by atoms with Crippen LogP contribution in [-0.4, -0.2) is 6.26 Å². The SMILES string of the molecule is CSC1(c2ccccc2)N=NN=N1. The third kappa shape index (κ3) is 1.35. The number of rotatable bonds is 2. The van der Waals surface area contributed by atoms with Crippen LogP contribution in [0.15, 0.2) is 51.0 Å². The van der Waals surface area contributed by atoms with E-state index in [1.54, 1.807) is 0 Å². The summed E-state index contributed by atoms with van der Waals surface area (Å²) in [6.45, 7) is 0. The van der Waals surface area contributed by atoms with Gasteiger partial charge in [0.2, 0.25) is 0 Å². The number of benzene rings is 1. The summed E-state index contributed by atoms with van der Waals surface area (Å²) in [6, 6.07) is 9.81. The van der Waals surface area contributed by atoms with Crippen molar-refractivity contribution in [2.75, 3.05) is 6.26 Å². The molecule has 1 aliphatic heterocycles. The maximum atomic E-state index is 4.01. The van der Waals surface area contributed by atoms with E-state index in [1.807, 2.05) is 36.6 Å². The van der Waals surface area contributed by atoms with Crippen molar-refractivity contribution in [1.29, 1.82) is 0 Å². The third-order valence-electron chi connectivity index (χ3n) is 1.84. The van der Waals surface area contributed by atoms with Gasteiger partial charge >= 0.3 is 0 Å². The van der Waals surface area contributed by atoms with Gasteiger partial charge in [-0.25, -0.2) is 0 Å². The monoisotopic (exact) mass is 192 g/mol. The molecule has 1 aliphatic rings. The lowest BCUT2D eigenvalue weighted by molar-refractivity contribution is 0.691. The van der Waals surface area contributed by atoms with Gasteiger partial charge in [-0.15, -0.1) is 22.0 Å². The summed E-state index contributed by atoms with van der Waals surface area (Å²) in [5, 5.41) is 15.1. The fourth-order valence-electron chi connectivity index (χ4n) is 1.15. The summed E-state index contributed by atoms with van der Waals surface area (Å²) in [5.74, 6) is 0. The Bertz CT molecular complexity index is 334. The number of nitrogens with zero attached hydrogens (tertiary/aromatic N) is 4. The summed E-state index contributed by atoms with van der Waals surface area (Å²) in [5.41, 5.74) is 1.01. The molecule has 0 amide bonds. The van der Waals surface area contributed by atoms with Crippen LogP contribution in [0.1, 0.15) is 5.56 Å². The molecule has 0 radical (unpaired) electrons. The van der Waals surface area contributed by atoms with Crippen molar-refractivity contribution < 1.29 is 0 Å². The smallest absolute Gasteiger partial charge is 0.118 e. The van der Waals surface area contributed by atoms with Crippen LogP contribution in [-0.2, 0) is 4.99 Å². The molecule has 0 aliphatic carbocycles. The zero-order chi connectivity index (χ0) is 9.15. The molecule has 0 N–H and O–H groups in total. The molecule has 1 heterocycles. The molecule has 1 aromatic rings. The highest BCUT2D eigenvalue weighted by molar-refractivity contribution is 7.99. The van der Waals surface area contributed by atoms with E-state index in [1.165, 1.54) is 11.8 Å². The maximum absolute atomic E-state index is 4.01. The molecule has 0 saturated heterocycles. The van der Waals surface area contributed by atoms with Crippen LogP contribution in [0.5, 0.6) is 0 Å². The predicted molar refractivity (Wildman–Crippen MR) is 51.3 cm³/mol. The van der Waals surface area contributed by atoms with Gasteiger partial charge in [0.05, 0.1) is 0 Å². The molecule has 0 atom stereocenters. The van der Waals surface area contributed by atoms with Crippen molar-refractivity contribution in [2.45, 2.75) is 4.99 Å². The third-order valence-corrected chi connectivity index (χ3v) is 2.80. The van der Waals surface area contributed by atoms with E-state index in [9.17, 15) is 0 Å². The van der Waals surface area contributed by atoms with E-state index in [4.69, 9.17) is 0 Å². The van der Waals surface area contributed by atoms with Crippen molar-refractivity contribution in [2.24, 2.45) is 20.7 Å². The van der Waals surface area contributed by atoms with Crippen LogP contribution >= 0.6 is 11.8 Å². The minimum atomic E-state index is -0.638. The first kappa shape index (κ1) is 8.37. The van der Waals surface area contributed by atoms with Gasteiger partial charge in [-0.3, -0.25) is 0 Å². The Morgan fingerprint density at radius 3 is 2.23 bits per heavy atom. The molecular formula is C8H8N4S. The van der Waals surface area contributed by atoms with Gasteiger partial charge in [-0.2, -0.15) is 0 Å². The number of hydrogen-bond donors (Lipinski definition) is 0. The molecule has 0 spiro atoms. The van der Waals surface area contributed by atoms with Crippen molar-refractivity contribution in [3.63, 3.8) is 0 Å². The van der Waals surface area contributed by atoms with E-state index in [-0.39, 0.29) is 0 Å².